The first kappa shape index (κ1) is 10.8. The Bertz CT molecular complexity index is 385. The molecule has 1 N–H and O–H groups in total. The van der Waals surface area contributed by atoms with Crippen LogP contribution >= 0.6 is 0 Å². The van der Waals surface area contributed by atoms with Crippen molar-refractivity contribution in [1.82, 2.24) is 20.0 Å². The predicted molar refractivity (Wildman–Crippen MR) is 63.4 cm³/mol. The minimum Gasteiger partial charge on any atom is -0.339 e. The molecule has 1 aromatic heterocycles. The Balaban J connectivity index is 1.49. The van der Waals surface area contributed by atoms with Gasteiger partial charge in [0.05, 0.1) is 12.6 Å². The number of carbonyl (C=O) groups is 1. The maximum Gasteiger partial charge on any atom is 0.239 e. The summed E-state index contributed by atoms with van der Waals surface area (Å²) in [5.74, 6) is 0.268. The third-order valence-corrected chi connectivity index (χ3v) is 3.47. The third kappa shape index (κ3) is 2.49. The van der Waals surface area contributed by atoms with Crippen LogP contribution in [0.25, 0.3) is 0 Å². The Labute approximate surface area is 101 Å². The van der Waals surface area contributed by atoms with Gasteiger partial charge < -0.3 is 10.2 Å². The predicted octanol–water partition coefficient (Wildman–Crippen LogP) is 0.236. The minimum atomic E-state index is 0.0696. The van der Waals surface area contributed by atoms with Gasteiger partial charge in [0.15, 0.2) is 0 Å². The molecule has 1 atom stereocenters. The van der Waals surface area contributed by atoms with Gasteiger partial charge in [-0.3, -0.25) is 9.48 Å². The zero-order chi connectivity index (χ0) is 11.7. The van der Waals surface area contributed by atoms with E-state index in [0.29, 0.717) is 6.04 Å². The fourth-order valence-corrected chi connectivity index (χ4v) is 2.31. The topological polar surface area (TPSA) is 50.2 Å². The molecule has 1 saturated heterocycles. The zero-order valence-electron chi connectivity index (χ0n) is 9.88. The van der Waals surface area contributed by atoms with Crippen molar-refractivity contribution >= 4 is 5.91 Å². The Morgan fingerprint density at radius 2 is 2.24 bits per heavy atom. The Hall–Kier alpha value is -1.36. The average molecular weight is 234 g/mol. The summed E-state index contributed by atoms with van der Waals surface area (Å²) < 4.78 is 1.87. The smallest absolute Gasteiger partial charge is 0.239 e. The van der Waals surface area contributed by atoms with Gasteiger partial charge >= 0.3 is 0 Å². The highest BCUT2D eigenvalue weighted by atomic mass is 16.2. The van der Waals surface area contributed by atoms with E-state index in [0.717, 1.165) is 26.1 Å². The molecule has 1 saturated carbocycles. The SMILES string of the molecule is O=C1C(NC2CC2)CCN1CCn1cccn1. The number of hydrogen-bond acceptors (Lipinski definition) is 3. The van der Waals surface area contributed by atoms with Crippen LogP contribution in [-0.2, 0) is 11.3 Å². The van der Waals surface area contributed by atoms with Crippen molar-refractivity contribution in [3.05, 3.63) is 18.5 Å². The van der Waals surface area contributed by atoms with Crippen molar-refractivity contribution < 1.29 is 4.79 Å². The van der Waals surface area contributed by atoms with Gasteiger partial charge in [0.25, 0.3) is 0 Å². The van der Waals surface area contributed by atoms with E-state index in [1.54, 1.807) is 6.20 Å². The number of nitrogens with one attached hydrogen (secondary N) is 1. The molecule has 92 valence electrons. The molecule has 0 aromatic carbocycles. The van der Waals surface area contributed by atoms with E-state index in [1.165, 1.54) is 12.8 Å². The lowest BCUT2D eigenvalue weighted by Gasteiger charge is -2.17. The first-order valence-electron chi connectivity index (χ1n) is 6.35. The molecule has 2 heterocycles. The van der Waals surface area contributed by atoms with Crippen LogP contribution in [0.15, 0.2) is 18.5 Å². The van der Waals surface area contributed by atoms with E-state index in [9.17, 15) is 4.79 Å². The van der Waals surface area contributed by atoms with Crippen molar-refractivity contribution in [3.8, 4) is 0 Å². The largest absolute Gasteiger partial charge is 0.339 e. The summed E-state index contributed by atoms with van der Waals surface area (Å²) in [7, 11) is 0. The zero-order valence-corrected chi connectivity index (χ0v) is 9.88. The quantitative estimate of drug-likeness (QED) is 0.794. The number of nitrogens with zero attached hydrogens (tertiary/aromatic N) is 3. The van der Waals surface area contributed by atoms with Gasteiger partial charge in [0.1, 0.15) is 0 Å². The Morgan fingerprint density at radius 1 is 1.35 bits per heavy atom. The van der Waals surface area contributed by atoms with Crippen molar-refractivity contribution in [2.75, 3.05) is 13.1 Å². The fourth-order valence-electron chi connectivity index (χ4n) is 2.31. The minimum absolute atomic E-state index is 0.0696. The summed E-state index contributed by atoms with van der Waals surface area (Å²) >= 11 is 0. The molecule has 0 spiro atoms. The van der Waals surface area contributed by atoms with E-state index < -0.39 is 0 Å². The molecule has 5 nitrogen and oxygen atoms in total. The molecule has 0 bridgehead atoms. The lowest BCUT2D eigenvalue weighted by atomic mass is 10.2. The number of rotatable bonds is 5. The van der Waals surface area contributed by atoms with Crippen LogP contribution in [0.1, 0.15) is 19.3 Å². The number of carbonyl (C=O) groups excluding carboxylic acids is 1. The number of amides is 1. The summed E-state index contributed by atoms with van der Waals surface area (Å²) in [4.78, 5) is 14.0. The number of hydrogen-bond donors (Lipinski definition) is 1. The molecule has 5 heteroatoms. The van der Waals surface area contributed by atoms with Gasteiger partial charge in [-0.05, 0) is 25.3 Å². The normalized spacial score (nSPS) is 24.6. The molecule has 1 unspecified atom stereocenters. The molecular weight excluding hydrogens is 216 g/mol. The molecule has 1 aliphatic carbocycles. The molecule has 1 aliphatic heterocycles. The van der Waals surface area contributed by atoms with Crippen molar-refractivity contribution in [2.24, 2.45) is 0 Å². The van der Waals surface area contributed by atoms with Crippen LogP contribution < -0.4 is 5.32 Å². The fraction of sp³-hybridized carbons (Fsp3) is 0.667. The summed E-state index contributed by atoms with van der Waals surface area (Å²) in [5, 5.41) is 7.55. The highest BCUT2D eigenvalue weighted by Gasteiger charge is 2.35. The number of aromatic nitrogens is 2. The maximum absolute atomic E-state index is 12.1. The molecule has 3 rings (SSSR count). The van der Waals surface area contributed by atoms with Crippen LogP contribution in [0.4, 0.5) is 0 Å². The highest BCUT2D eigenvalue weighted by Crippen LogP contribution is 2.22. The standard InChI is InChI=1S/C12H18N4O/c17-12-11(14-10-2-3-10)4-7-15(12)8-9-16-6-1-5-13-16/h1,5-6,10-11,14H,2-4,7-9H2. The number of likely N-dealkylation sites (tertiary alicyclic amines) is 1. The Kier molecular flexibility index (Phi) is 2.84. The highest BCUT2D eigenvalue weighted by molar-refractivity contribution is 5.84. The monoisotopic (exact) mass is 234 g/mol. The van der Waals surface area contributed by atoms with Crippen LogP contribution in [0.5, 0.6) is 0 Å². The summed E-state index contributed by atoms with van der Waals surface area (Å²) in [6, 6.07) is 2.58. The van der Waals surface area contributed by atoms with Crippen LogP contribution in [0.3, 0.4) is 0 Å². The van der Waals surface area contributed by atoms with Crippen molar-refractivity contribution in [3.63, 3.8) is 0 Å². The van der Waals surface area contributed by atoms with Gasteiger partial charge in [-0.15, -0.1) is 0 Å². The lowest BCUT2D eigenvalue weighted by Crippen LogP contribution is -2.40. The Morgan fingerprint density at radius 3 is 2.94 bits per heavy atom. The second-order valence-corrected chi connectivity index (χ2v) is 4.88. The average Bonchev–Trinajstić information content (AvgIpc) is 2.86. The second-order valence-electron chi connectivity index (χ2n) is 4.88. The summed E-state index contributed by atoms with van der Waals surface area (Å²) in [5.41, 5.74) is 0. The van der Waals surface area contributed by atoms with Gasteiger partial charge in [-0.1, -0.05) is 0 Å². The maximum atomic E-state index is 12.1. The van der Waals surface area contributed by atoms with Crippen LogP contribution in [-0.4, -0.2) is 45.8 Å². The van der Waals surface area contributed by atoms with Crippen molar-refractivity contribution in [2.45, 2.75) is 37.9 Å². The van der Waals surface area contributed by atoms with E-state index in [4.69, 9.17) is 0 Å². The van der Waals surface area contributed by atoms with Gasteiger partial charge in [-0.2, -0.15) is 5.10 Å². The van der Waals surface area contributed by atoms with Crippen molar-refractivity contribution in [1.29, 1.82) is 0 Å². The van der Waals surface area contributed by atoms with Crippen LogP contribution in [0, 0.1) is 0 Å². The molecule has 1 amide bonds. The molecule has 0 radical (unpaired) electrons. The van der Waals surface area contributed by atoms with E-state index in [2.05, 4.69) is 10.4 Å². The van der Waals surface area contributed by atoms with Crippen LogP contribution in [0.2, 0.25) is 0 Å². The molecule has 2 aliphatic rings. The second kappa shape index (κ2) is 4.49. The molecular formula is C12H18N4O. The van der Waals surface area contributed by atoms with E-state index in [-0.39, 0.29) is 11.9 Å². The molecule has 2 fully saturated rings. The van der Waals surface area contributed by atoms with Gasteiger partial charge in [0, 0.05) is 31.5 Å². The lowest BCUT2D eigenvalue weighted by molar-refractivity contribution is -0.129. The summed E-state index contributed by atoms with van der Waals surface area (Å²) in [6.45, 7) is 2.43. The summed E-state index contributed by atoms with van der Waals surface area (Å²) in [6.07, 6.45) is 7.12. The first-order valence-corrected chi connectivity index (χ1v) is 6.35. The first-order chi connectivity index (χ1) is 8.33. The van der Waals surface area contributed by atoms with E-state index in [1.807, 2.05) is 21.8 Å². The van der Waals surface area contributed by atoms with Gasteiger partial charge in [0.2, 0.25) is 5.91 Å². The molecule has 17 heavy (non-hydrogen) atoms. The van der Waals surface area contributed by atoms with Gasteiger partial charge in [-0.25, -0.2) is 0 Å². The van der Waals surface area contributed by atoms with E-state index >= 15 is 0 Å². The third-order valence-electron chi connectivity index (χ3n) is 3.47. The molecule has 1 aromatic rings.